The Kier molecular flexibility index (Phi) is 4.79. The minimum Gasteiger partial charge on any atom is -0.481 e. The Balaban J connectivity index is 2.67. The lowest BCUT2D eigenvalue weighted by molar-refractivity contribution is -0.136. The van der Waals surface area contributed by atoms with Gasteiger partial charge in [-0.3, -0.25) is 4.79 Å². The van der Waals surface area contributed by atoms with Gasteiger partial charge in [-0.15, -0.1) is 0 Å². The second kappa shape index (κ2) is 6.12. The van der Waals surface area contributed by atoms with Gasteiger partial charge < -0.3 is 15.1 Å². The van der Waals surface area contributed by atoms with Crippen LogP contribution in [0.2, 0.25) is 0 Å². The maximum atomic E-state index is 10.5. The van der Waals surface area contributed by atoms with Crippen molar-refractivity contribution in [3.8, 4) is 0 Å². The zero-order valence-corrected chi connectivity index (χ0v) is 9.34. The van der Waals surface area contributed by atoms with Crippen LogP contribution in [-0.4, -0.2) is 35.4 Å². The van der Waals surface area contributed by atoms with Crippen molar-refractivity contribution in [2.75, 3.05) is 18.0 Å². The predicted molar refractivity (Wildman–Crippen MR) is 62.6 cm³/mol. The molecule has 1 rings (SSSR count). The van der Waals surface area contributed by atoms with Gasteiger partial charge in [0.05, 0.1) is 12.5 Å². The predicted octanol–water partition coefficient (Wildman–Crippen LogP) is 1.35. The van der Waals surface area contributed by atoms with Gasteiger partial charge in [0.2, 0.25) is 0 Å². The minimum atomic E-state index is -0.827. The first-order valence-electron chi connectivity index (χ1n) is 5.29. The summed E-state index contributed by atoms with van der Waals surface area (Å²) in [5.41, 5.74) is 0.935. The van der Waals surface area contributed by atoms with E-state index in [4.69, 9.17) is 5.11 Å². The SMILES string of the molecule is CC(O)CN(CCC(=O)O)c1ccccc1. The number of para-hydroxylation sites is 1. The van der Waals surface area contributed by atoms with Crippen LogP contribution in [0.1, 0.15) is 13.3 Å². The summed E-state index contributed by atoms with van der Waals surface area (Å²) in [6.07, 6.45) is -0.407. The van der Waals surface area contributed by atoms with Crippen molar-refractivity contribution in [3.63, 3.8) is 0 Å². The quantitative estimate of drug-likeness (QED) is 0.764. The highest BCUT2D eigenvalue weighted by molar-refractivity contribution is 5.67. The molecule has 0 bridgehead atoms. The highest BCUT2D eigenvalue weighted by atomic mass is 16.4. The van der Waals surface area contributed by atoms with Crippen LogP contribution < -0.4 is 4.90 Å². The Hall–Kier alpha value is -1.55. The summed E-state index contributed by atoms with van der Waals surface area (Å²) < 4.78 is 0. The van der Waals surface area contributed by atoms with E-state index in [0.29, 0.717) is 13.1 Å². The molecule has 0 saturated carbocycles. The lowest BCUT2D eigenvalue weighted by Crippen LogP contribution is -2.32. The van der Waals surface area contributed by atoms with Crippen molar-refractivity contribution < 1.29 is 15.0 Å². The van der Waals surface area contributed by atoms with E-state index in [1.165, 1.54) is 0 Å². The number of rotatable bonds is 6. The largest absolute Gasteiger partial charge is 0.481 e. The van der Waals surface area contributed by atoms with Gasteiger partial charge in [0.25, 0.3) is 0 Å². The van der Waals surface area contributed by atoms with Gasteiger partial charge in [-0.05, 0) is 19.1 Å². The Morgan fingerprint density at radius 1 is 1.38 bits per heavy atom. The molecule has 0 spiro atoms. The van der Waals surface area contributed by atoms with Crippen LogP contribution in [0, 0.1) is 0 Å². The van der Waals surface area contributed by atoms with Crippen molar-refractivity contribution in [2.45, 2.75) is 19.4 Å². The van der Waals surface area contributed by atoms with Crippen LogP contribution in [0.4, 0.5) is 5.69 Å². The molecule has 1 atom stereocenters. The molecule has 1 unspecified atom stereocenters. The number of aliphatic hydroxyl groups is 1. The Morgan fingerprint density at radius 2 is 2.00 bits per heavy atom. The average Bonchev–Trinajstić information content (AvgIpc) is 2.25. The van der Waals surface area contributed by atoms with Gasteiger partial charge >= 0.3 is 5.97 Å². The number of carbonyl (C=O) groups is 1. The van der Waals surface area contributed by atoms with E-state index in [9.17, 15) is 9.90 Å². The molecule has 0 radical (unpaired) electrons. The third-order valence-corrected chi connectivity index (χ3v) is 2.20. The Bertz CT molecular complexity index is 324. The number of anilines is 1. The Labute approximate surface area is 95.1 Å². The van der Waals surface area contributed by atoms with E-state index < -0.39 is 12.1 Å². The molecule has 88 valence electrons. The molecule has 0 amide bonds. The van der Waals surface area contributed by atoms with Crippen molar-refractivity contribution in [2.24, 2.45) is 0 Å². The topological polar surface area (TPSA) is 60.8 Å². The molecule has 1 aromatic rings. The number of aliphatic hydroxyl groups excluding tert-OH is 1. The van der Waals surface area contributed by atoms with Crippen LogP contribution in [0.25, 0.3) is 0 Å². The lowest BCUT2D eigenvalue weighted by Gasteiger charge is -2.25. The maximum absolute atomic E-state index is 10.5. The maximum Gasteiger partial charge on any atom is 0.305 e. The van der Waals surface area contributed by atoms with Crippen molar-refractivity contribution in [3.05, 3.63) is 30.3 Å². The van der Waals surface area contributed by atoms with Crippen LogP contribution in [0.3, 0.4) is 0 Å². The fourth-order valence-corrected chi connectivity index (χ4v) is 1.51. The standard InChI is InChI=1S/C12H17NO3/c1-10(14)9-13(8-7-12(15)16)11-5-3-2-4-6-11/h2-6,10,14H,7-9H2,1H3,(H,15,16). The fourth-order valence-electron chi connectivity index (χ4n) is 1.51. The smallest absolute Gasteiger partial charge is 0.305 e. The molecular formula is C12H17NO3. The van der Waals surface area contributed by atoms with Gasteiger partial charge in [0.1, 0.15) is 0 Å². The third-order valence-electron chi connectivity index (χ3n) is 2.20. The summed E-state index contributed by atoms with van der Waals surface area (Å²) in [4.78, 5) is 12.4. The highest BCUT2D eigenvalue weighted by Gasteiger charge is 2.10. The number of nitrogens with zero attached hydrogens (tertiary/aromatic N) is 1. The first-order chi connectivity index (χ1) is 7.59. The second-order valence-electron chi connectivity index (χ2n) is 3.77. The summed E-state index contributed by atoms with van der Waals surface area (Å²) in [7, 11) is 0. The van der Waals surface area contributed by atoms with E-state index in [1.54, 1.807) is 6.92 Å². The monoisotopic (exact) mass is 223 g/mol. The summed E-state index contributed by atoms with van der Waals surface area (Å²) in [5, 5.41) is 18.0. The molecule has 4 heteroatoms. The summed E-state index contributed by atoms with van der Waals surface area (Å²) in [5.74, 6) is -0.827. The molecule has 0 aliphatic rings. The van der Waals surface area contributed by atoms with E-state index in [-0.39, 0.29) is 6.42 Å². The van der Waals surface area contributed by atoms with E-state index in [1.807, 2.05) is 35.2 Å². The zero-order valence-electron chi connectivity index (χ0n) is 9.34. The molecule has 4 nitrogen and oxygen atoms in total. The first-order valence-corrected chi connectivity index (χ1v) is 5.29. The molecule has 0 aromatic heterocycles. The van der Waals surface area contributed by atoms with Crippen LogP contribution in [0.5, 0.6) is 0 Å². The van der Waals surface area contributed by atoms with Crippen LogP contribution in [-0.2, 0) is 4.79 Å². The molecule has 0 fully saturated rings. The number of carboxylic acid groups (broad SMARTS) is 1. The molecule has 2 N–H and O–H groups in total. The number of aliphatic carboxylic acids is 1. The van der Waals surface area contributed by atoms with E-state index >= 15 is 0 Å². The van der Waals surface area contributed by atoms with Crippen molar-refractivity contribution >= 4 is 11.7 Å². The van der Waals surface area contributed by atoms with Gasteiger partial charge in [-0.25, -0.2) is 0 Å². The van der Waals surface area contributed by atoms with E-state index in [2.05, 4.69) is 0 Å². The van der Waals surface area contributed by atoms with Gasteiger partial charge in [-0.1, -0.05) is 18.2 Å². The summed E-state index contributed by atoms with van der Waals surface area (Å²) in [6.45, 7) is 2.54. The number of hydrogen-bond donors (Lipinski definition) is 2. The van der Waals surface area contributed by atoms with Crippen molar-refractivity contribution in [1.82, 2.24) is 0 Å². The zero-order chi connectivity index (χ0) is 12.0. The molecule has 1 aromatic carbocycles. The molecular weight excluding hydrogens is 206 g/mol. The molecule has 0 aliphatic carbocycles. The van der Waals surface area contributed by atoms with Crippen molar-refractivity contribution in [1.29, 1.82) is 0 Å². The lowest BCUT2D eigenvalue weighted by atomic mass is 10.2. The average molecular weight is 223 g/mol. The molecule has 0 aliphatic heterocycles. The Morgan fingerprint density at radius 3 is 2.50 bits per heavy atom. The van der Waals surface area contributed by atoms with E-state index in [0.717, 1.165) is 5.69 Å². The summed E-state index contributed by atoms with van der Waals surface area (Å²) in [6, 6.07) is 9.51. The van der Waals surface area contributed by atoms with Gasteiger partial charge in [-0.2, -0.15) is 0 Å². The number of benzene rings is 1. The highest BCUT2D eigenvalue weighted by Crippen LogP contribution is 2.13. The van der Waals surface area contributed by atoms with Crippen LogP contribution in [0.15, 0.2) is 30.3 Å². The van der Waals surface area contributed by atoms with Crippen LogP contribution >= 0.6 is 0 Å². The third kappa shape index (κ3) is 4.31. The number of carboxylic acids is 1. The molecule has 0 heterocycles. The van der Waals surface area contributed by atoms with Gasteiger partial charge in [0, 0.05) is 18.8 Å². The molecule has 0 saturated heterocycles. The summed E-state index contributed by atoms with van der Waals surface area (Å²) >= 11 is 0. The first kappa shape index (κ1) is 12.5. The number of hydrogen-bond acceptors (Lipinski definition) is 3. The molecule has 16 heavy (non-hydrogen) atoms. The normalized spacial score (nSPS) is 12.1. The minimum absolute atomic E-state index is 0.0710. The second-order valence-corrected chi connectivity index (χ2v) is 3.77. The fraction of sp³-hybridized carbons (Fsp3) is 0.417. The van der Waals surface area contributed by atoms with Gasteiger partial charge in [0.15, 0.2) is 0 Å².